The molecule has 0 bridgehead atoms. The van der Waals surface area contributed by atoms with Crippen LogP contribution in [0.1, 0.15) is 19.8 Å². The lowest BCUT2D eigenvalue weighted by Crippen LogP contribution is -2.20. The second-order valence-corrected chi connectivity index (χ2v) is 2.92. The first kappa shape index (κ1) is 8.24. The number of carbonyl (C=O) groups excluding carboxylic acids is 2. The molecule has 1 aliphatic rings. The van der Waals surface area contributed by atoms with Gasteiger partial charge in [-0.05, 0) is 6.42 Å². The number of carbonyl (C=O) groups is 2. The normalized spacial score (nSPS) is 30.5. The molecule has 0 radical (unpaired) electrons. The van der Waals surface area contributed by atoms with Crippen molar-refractivity contribution < 1.29 is 14.3 Å². The van der Waals surface area contributed by atoms with Crippen molar-refractivity contribution in [3.63, 3.8) is 0 Å². The van der Waals surface area contributed by atoms with Gasteiger partial charge in [0.25, 0.3) is 0 Å². The van der Waals surface area contributed by atoms with E-state index in [1.165, 1.54) is 7.11 Å². The standard InChI is InChI=1S/C8H12O3/c1-5-6(8(10)11-2)3-4-7(5)9/h5-6H,3-4H2,1-2H3. The number of hydrogen-bond acceptors (Lipinski definition) is 3. The largest absolute Gasteiger partial charge is 0.469 e. The van der Waals surface area contributed by atoms with Crippen LogP contribution in [-0.2, 0) is 14.3 Å². The molecular weight excluding hydrogens is 144 g/mol. The Morgan fingerprint density at radius 3 is 2.64 bits per heavy atom. The van der Waals surface area contributed by atoms with E-state index in [4.69, 9.17) is 0 Å². The summed E-state index contributed by atoms with van der Waals surface area (Å²) < 4.78 is 4.56. The SMILES string of the molecule is COC(=O)C1CCC(=O)C1C. The van der Waals surface area contributed by atoms with Gasteiger partial charge in [0.15, 0.2) is 0 Å². The molecule has 0 heterocycles. The van der Waals surface area contributed by atoms with Gasteiger partial charge in [-0.15, -0.1) is 0 Å². The predicted molar refractivity (Wildman–Crippen MR) is 38.9 cm³/mol. The average Bonchev–Trinajstić information content (AvgIpc) is 2.32. The Kier molecular flexibility index (Phi) is 2.27. The maximum atomic E-state index is 11.0. The smallest absolute Gasteiger partial charge is 0.309 e. The second kappa shape index (κ2) is 3.03. The van der Waals surface area contributed by atoms with Gasteiger partial charge >= 0.3 is 5.97 Å². The zero-order valence-corrected chi connectivity index (χ0v) is 6.79. The zero-order valence-electron chi connectivity index (χ0n) is 6.79. The van der Waals surface area contributed by atoms with Crippen LogP contribution in [0.4, 0.5) is 0 Å². The van der Waals surface area contributed by atoms with E-state index >= 15 is 0 Å². The Bertz CT molecular complexity index is 186. The van der Waals surface area contributed by atoms with E-state index < -0.39 is 0 Å². The minimum atomic E-state index is -0.247. The van der Waals surface area contributed by atoms with Gasteiger partial charge in [-0.2, -0.15) is 0 Å². The van der Waals surface area contributed by atoms with Crippen LogP contribution >= 0.6 is 0 Å². The summed E-state index contributed by atoms with van der Waals surface area (Å²) in [5, 5.41) is 0. The summed E-state index contributed by atoms with van der Waals surface area (Å²) >= 11 is 0. The van der Waals surface area contributed by atoms with Crippen molar-refractivity contribution in [2.45, 2.75) is 19.8 Å². The Balaban J connectivity index is 2.61. The number of methoxy groups -OCH3 is 1. The van der Waals surface area contributed by atoms with Crippen molar-refractivity contribution in [3.05, 3.63) is 0 Å². The average molecular weight is 156 g/mol. The van der Waals surface area contributed by atoms with Crippen LogP contribution < -0.4 is 0 Å². The number of Topliss-reactive ketones (excluding diaryl/α,β-unsaturated/α-hetero) is 1. The maximum Gasteiger partial charge on any atom is 0.309 e. The van der Waals surface area contributed by atoms with Crippen LogP contribution in [0.25, 0.3) is 0 Å². The highest BCUT2D eigenvalue weighted by Crippen LogP contribution is 2.28. The van der Waals surface area contributed by atoms with E-state index in [0.29, 0.717) is 12.8 Å². The van der Waals surface area contributed by atoms with Crippen molar-refractivity contribution in [2.24, 2.45) is 11.8 Å². The molecule has 1 fully saturated rings. The van der Waals surface area contributed by atoms with Gasteiger partial charge in [0.05, 0.1) is 13.0 Å². The highest BCUT2D eigenvalue weighted by molar-refractivity contribution is 5.89. The minimum Gasteiger partial charge on any atom is -0.469 e. The first-order chi connectivity index (χ1) is 5.16. The minimum absolute atomic E-state index is 0.137. The topological polar surface area (TPSA) is 43.4 Å². The monoisotopic (exact) mass is 156 g/mol. The number of hydrogen-bond donors (Lipinski definition) is 0. The molecule has 0 aromatic heterocycles. The quantitative estimate of drug-likeness (QED) is 0.527. The molecule has 0 spiro atoms. The molecule has 0 saturated heterocycles. The van der Waals surface area contributed by atoms with Gasteiger partial charge < -0.3 is 4.74 Å². The summed E-state index contributed by atoms with van der Waals surface area (Å²) in [7, 11) is 1.36. The molecule has 0 aliphatic heterocycles. The van der Waals surface area contributed by atoms with Crippen molar-refractivity contribution in [1.82, 2.24) is 0 Å². The fourth-order valence-electron chi connectivity index (χ4n) is 1.47. The molecule has 1 rings (SSSR count). The third-order valence-electron chi connectivity index (χ3n) is 2.32. The molecule has 0 aromatic rings. The number of ketones is 1. The molecule has 0 amide bonds. The molecule has 1 aliphatic carbocycles. The summed E-state index contributed by atoms with van der Waals surface area (Å²) in [6.07, 6.45) is 1.19. The summed E-state index contributed by atoms with van der Waals surface area (Å²) in [5.41, 5.74) is 0. The summed E-state index contributed by atoms with van der Waals surface area (Å²) in [6, 6.07) is 0. The summed E-state index contributed by atoms with van der Waals surface area (Å²) in [5.74, 6) is -0.390. The lowest BCUT2D eigenvalue weighted by atomic mass is 9.98. The van der Waals surface area contributed by atoms with Crippen LogP contribution in [0.3, 0.4) is 0 Å². The fraction of sp³-hybridized carbons (Fsp3) is 0.750. The first-order valence-corrected chi connectivity index (χ1v) is 3.77. The van der Waals surface area contributed by atoms with Crippen LogP contribution in [0, 0.1) is 11.8 Å². The van der Waals surface area contributed by atoms with Gasteiger partial charge in [0.1, 0.15) is 5.78 Å². The van der Waals surface area contributed by atoms with Gasteiger partial charge in [-0.25, -0.2) is 0 Å². The Hall–Kier alpha value is -0.860. The molecule has 3 nitrogen and oxygen atoms in total. The van der Waals surface area contributed by atoms with E-state index in [9.17, 15) is 9.59 Å². The molecule has 2 atom stereocenters. The molecule has 0 N–H and O–H groups in total. The molecular formula is C8H12O3. The Morgan fingerprint density at radius 1 is 1.64 bits per heavy atom. The molecule has 2 unspecified atom stereocenters. The van der Waals surface area contributed by atoms with Crippen molar-refractivity contribution in [3.8, 4) is 0 Å². The van der Waals surface area contributed by atoms with E-state index in [-0.39, 0.29) is 23.6 Å². The third kappa shape index (κ3) is 1.42. The highest BCUT2D eigenvalue weighted by atomic mass is 16.5. The Labute approximate surface area is 65.7 Å². The van der Waals surface area contributed by atoms with Gasteiger partial charge in [-0.3, -0.25) is 9.59 Å². The van der Waals surface area contributed by atoms with E-state index in [2.05, 4.69) is 4.74 Å². The molecule has 0 aromatic carbocycles. The summed E-state index contributed by atoms with van der Waals surface area (Å²) in [4.78, 5) is 22.0. The fourth-order valence-corrected chi connectivity index (χ4v) is 1.47. The summed E-state index contributed by atoms with van der Waals surface area (Å²) in [6.45, 7) is 1.79. The zero-order chi connectivity index (χ0) is 8.43. The lowest BCUT2D eigenvalue weighted by Gasteiger charge is -2.09. The van der Waals surface area contributed by atoms with Crippen LogP contribution in [0.5, 0.6) is 0 Å². The maximum absolute atomic E-state index is 11.0. The van der Waals surface area contributed by atoms with E-state index in [1.807, 2.05) is 0 Å². The second-order valence-electron chi connectivity index (χ2n) is 2.92. The number of rotatable bonds is 1. The van der Waals surface area contributed by atoms with Crippen molar-refractivity contribution in [2.75, 3.05) is 7.11 Å². The molecule has 11 heavy (non-hydrogen) atoms. The Morgan fingerprint density at radius 2 is 2.27 bits per heavy atom. The van der Waals surface area contributed by atoms with E-state index in [1.54, 1.807) is 6.92 Å². The van der Waals surface area contributed by atoms with Crippen LogP contribution in [0.15, 0.2) is 0 Å². The molecule has 3 heteroatoms. The van der Waals surface area contributed by atoms with Gasteiger partial charge in [0, 0.05) is 12.3 Å². The van der Waals surface area contributed by atoms with Gasteiger partial charge in [-0.1, -0.05) is 6.92 Å². The molecule has 1 saturated carbocycles. The number of ether oxygens (including phenoxy) is 1. The number of esters is 1. The van der Waals surface area contributed by atoms with Crippen LogP contribution in [0.2, 0.25) is 0 Å². The lowest BCUT2D eigenvalue weighted by molar-refractivity contribution is -0.147. The highest BCUT2D eigenvalue weighted by Gasteiger charge is 2.36. The van der Waals surface area contributed by atoms with Crippen LogP contribution in [-0.4, -0.2) is 18.9 Å². The van der Waals surface area contributed by atoms with Crippen molar-refractivity contribution in [1.29, 1.82) is 0 Å². The van der Waals surface area contributed by atoms with Gasteiger partial charge in [0.2, 0.25) is 0 Å². The first-order valence-electron chi connectivity index (χ1n) is 3.77. The molecule has 62 valence electrons. The predicted octanol–water partition coefficient (Wildman–Crippen LogP) is 0.775. The van der Waals surface area contributed by atoms with E-state index in [0.717, 1.165) is 0 Å². The third-order valence-corrected chi connectivity index (χ3v) is 2.32. The van der Waals surface area contributed by atoms with Crippen molar-refractivity contribution >= 4 is 11.8 Å².